The van der Waals surface area contributed by atoms with Crippen molar-refractivity contribution in [2.75, 3.05) is 11.1 Å². The highest BCUT2D eigenvalue weighted by molar-refractivity contribution is 8.00. The summed E-state index contributed by atoms with van der Waals surface area (Å²) in [6, 6.07) is 16.9. The number of hydrazone groups is 1. The number of para-hydroxylation sites is 1. The average molecular weight is 378 g/mol. The molecule has 136 valence electrons. The number of benzene rings is 2. The van der Waals surface area contributed by atoms with Gasteiger partial charge in [0.25, 0.3) is 0 Å². The highest BCUT2D eigenvalue weighted by atomic mass is 32.2. The van der Waals surface area contributed by atoms with Crippen LogP contribution in [0.1, 0.15) is 12.5 Å². The van der Waals surface area contributed by atoms with Gasteiger partial charge in [0.15, 0.2) is 0 Å². The Morgan fingerprint density at radius 1 is 1.11 bits per heavy atom. The Morgan fingerprint density at radius 2 is 1.89 bits per heavy atom. The number of hydrogen-bond donors (Lipinski definition) is 2. The van der Waals surface area contributed by atoms with Crippen LogP contribution in [-0.4, -0.2) is 28.8 Å². The molecular weight excluding hydrogens is 360 g/mol. The van der Waals surface area contributed by atoms with Gasteiger partial charge >= 0.3 is 0 Å². The van der Waals surface area contributed by atoms with E-state index in [1.807, 2.05) is 30.3 Å². The Bertz CT molecular complexity index is 981. The van der Waals surface area contributed by atoms with Gasteiger partial charge in [0.2, 0.25) is 11.8 Å². The van der Waals surface area contributed by atoms with Crippen LogP contribution >= 0.6 is 11.8 Å². The number of carbonyl (C=O) groups excluding carboxylic acids is 2. The largest absolute Gasteiger partial charge is 0.326 e. The molecule has 7 heteroatoms. The minimum Gasteiger partial charge on any atom is -0.326 e. The number of rotatable bonds is 6. The number of carbonyl (C=O) groups is 2. The lowest BCUT2D eigenvalue weighted by molar-refractivity contribution is -0.118. The number of hydrogen-bond acceptors (Lipinski definition) is 5. The van der Waals surface area contributed by atoms with E-state index in [0.29, 0.717) is 5.69 Å². The molecule has 0 aliphatic heterocycles. The number of aromatic nitrogens is 1. The molecule has 0 radical (unpaired) electrons. The molecule has 2 amide bonds. The highest BCUT2D eigenvalue weighted by Crippen LogP contribution is 2.25. The average Bonchev–Trinajstić information content (AvgIpc) is 2.67. The summed E-state index contributed by atoms with van der Waals surface area (Å²) in [5.74, 6) is -0.0734. The lowest BCUT2D eigenvalue weighted by atomic mass is 10.2. The van der Waals surface area contributed by atoms with Crippen LogP contribution < -0.4 is 10.7 Å². The molecule has 3 rings (SSSR count). The summed E-state index contributed by atoms with van der Waals surface area (Å²) in [4.78, 5) is 28.3. The third kappa shape index (κ3) is 5.39. The van der Waals surface area contributed by atoms with Crippen molar-refractivity contribution in [2.24, 2.45) is 5.10 Å². The summed E-state index contributed by atoms with van der Waals surface area (Å²) in [7, 11) is 0. The van der Waals surface area contributed by atoms with Crippen molar-refractivity contribution < 1.29 is 9.59 Å². The number of thioether (sulfide) groups is 1. The Hall–Kier alpha value is -3.19. The van der Waals surface area contributed by atoms with Crippen LogP contribution in [0, 0.1) is 0 Å². The topological polar surface area (TPSA) is 83.5 Å². The molecule has 2 aromatic carbocycles. The quantitative estimate of drug-likeness (QED) is 0.391. The molecule has 0 saturated heterocycles. The predicted octanol–water partition coefficient (Wildman–Crippen LogP) is 3.44. The molecule has 1 heterocycles. The van der Waals surface area contributed by atoms with Crippen molar-refractivity contribution in [3.8, 4) is 0 Å². The van der Waals surface area contributed by atoms with Crippen molar-refractivity contribution in [1.82, 2.24) is 10.4 Å². The van der Waals surface area contributed by atoms with E-state index in [0.717, 1.165) is 21.4 Å². The van der Waals surface area contributed by atoms with E-state index in [4.69, 9.17) is 0 Å². The van der Waals surface area contributed by atoms with Crippen molar-refractivity contribution in [1.29, 1.82) is 0 Å². The van der Waals surface area contributed by atoms with Gasteiger partial charge in [-0.1, -0.05) is 30.3 Å². The number of fused-ring (bicyclic) bond motifs is 1. The molecule has 0 spiro atoms. The summed E-state index contributed by atoms with van der Waals surface area (Å²) in [6.45, 7) is 1.46. The van der Waals surface area contributed by atoms with Crippen molar-refractivity contribution in [3.63, 3.8) is 0 Å². The zero-order valence-electron chi connectivity index (χ0n) is 14.7. The molecular formula is C20H18N4O2S. The van der Waals surface area contributed by atoms with E-state index >= 15 is 0 Å². The first-order chi connectivity index (χ1) is 13.1. The molecule has 6 nitrogen and oxygen atoms in total. The molecule has 3 aromatic rings. The number of amides is 2. The molecule has 0 saturated carbocycles. The molecule has 0 fully saturated rings. The van der Waals surface area contributed by atoms with Gasteiger partial charge in [0, 0.05) is 29.1 Å². The summed E-state index contributed by atoms with van der Waals surface area (Å²) in [6.07, 6.45) is 3.30. The van der Waals surface area contributed by atoms with Crippen LogP contribution in [0.25, 0.3) is 10.9 Å². The lowest BCUT2D eigenvalue weighted by Gasteiger charge is -2.04. The second kappa shape index (κ2) is 8.95. The monoisotopic (exact) mass is 378 g/mol. The second-order valence-electron chi connectivity index (χ2n) is 5.72. The van der Waals surface area contributed by atoms with Gasteiger partial charge < -0.3 is 5.32 Å². The van der Waals surface area contributed by atoms with Crippen LogP contribution in [0.2, 0.25) is 0 Å². The third-order valence-corrected chi connectivity index (χ3v) is 4.64. The van der Waals surface area contributed by atoms with Crippen LogP contribution in [0.4, 0.5) is 5.69 Å². The fourth-order valence-corrected chi connectivity index (χ4v) is 3.24. The molecule has 0 unspecified atom stereocenters. The Balaban J connectivity index is 1.52. The van der Waals surface area contributed by atoms with Gasteiger partial charge in [0.1, 0.15) is 0 Å². The lowest BCUT2D eigenvalue weighted by Crippen LogP contribution is -2.19. The first-order valence-corrected chi connectivity index (χ1v) is 9.26. The smallest absolute Gasteiger partial charge is 0.250 e. The molecule has 0 aliphatic carbocycles. The van der Waals surface area contributed by atoms with E-state index in [2.05, 4.69) is 20.8 Å². The van der Waals surface area contributed by atoms with Crippen molar-refractivity contribution >= 4 is 46.4 Å². The van der Waals surface area contributed by atoms with Crippen LogP contribution in [0.5, 0.6) is 0 Å². The SMILES string of the molecule is CC(=O)Nc1ccc(/C=N\NC(=O)CSc2cccc3cccnc23)cc1. The molecule has 0 bridgehead atoms. The predicted molar refractivity (Wildman–Crippen MR) is 109 cm³/mol. The first-order valence-electron chi connectivity index (χ1n) is 8.28. The molecule has 1 aromatic heterocycles. The van der Waals surface area contributed by atoms with Crippen molar-refractivity contribution in [3.05, 3.63) is 66.4 Å². The Labute approximate surface area is 161 Å². The maximum Gasteiger partial charge on any atom is 0.250 e. The fourth-order valence-electron chi connectivity index (χ4n) is 2.40. The summed E-state index contributed by atoms with van der Waals surface area (Å²) >= 11 is 1.42. The van der Waals surface area contributed by atoms with E-state index in [9.17, 15) is 9.59 Å². The van der Waals surface area contributed by atoms with E-state index in [1.54, 1.807) is 36.7 Å². The van der Waals surface area contributed by atoms with Gasteiger partial charge in [-0.25, -0.2) is 5.43 Å². The highest BCUT2D eigenvalue weighted by Gasteiger charge is 2.06. The normalized spacial score (nSPS) is 10.9. The Morgan fingerprint density at radius 3 is 2.67 bits per heavy atom. The van der Waals surface area contributed by atoms with Gasteiger partial charge in [-0.2, -0.15) is 5.10 Å². The van der Waals surface area contributed by atoms with E-state index in [-0.39, 0.29) is 17.6 Å². The Kier molecular flexibility index (Phi) is 6.17. The maximum absolute atomic E-state index is 12.0. The minimum atomic E-state index is -0.195. The van der Waals surface area contributed by atoms with E-state index in [1.165, 1.54) is 18.7 Å². The minimum absolute atomic E-state index is 0.123. The number of nitrogens with zero attached hydrogens (tertiary/aromatic N) is 2. The number of anilines is 1. The molecule has 0 atom stereocenters. The van der Waals surface area contributed by atoms with Gasteiger partial charge in [-0.05, 0) is 29.8 Å². The zero-order chi connectivity index (χ0) is 19.1. The molecule has 2 N–H and O–H groups in total. The van der Waals surface area contributed by atoms with Gasteiger partial charge in [0.05, 0.1) is 17.5 Å². The standard InChI is InChI=1S/C20H18N4O2S/c1-14(25)23-17-9-7-15(8-10-17)12-22-24-19(26)13-27-18-6-2-4-16-5-3-11-21-20(16)18/h2-12H,13H2,1H3,(H,23,25)(H,24,26)/b22-12-. The fraction of sp³-hybridized carbons (Fsp3) is 0.100. The summed E-state index contributed by atoms with van der Waals surface area (Å²) in [5, 5.41) is 7.70. The van der Waals surface area contributed by atoms with Crippen LogP contribution in [0.15, 0.2) is 70.8 Å². The van der Waals surface area contributed by atoms with Crippen molar-refractivity contribution in [2.45, 2.75) is 11.8 Å². The number of nitrogens with one attached hydrogen (secondary N) is 2. The van der Waals surface area contributed by atoms with Gasteiger partial charge in [-0.15, -0.1) is 11.8 Å². The third-order valence-electron chi connectivity index (χ3n) is 3.59. The second-order valence-corrected chi connectivity index (χ2v) is 6.73. The van der Waals surface area contributed by atoms with E-state index < -0.39 is 0 Å². The maximum atomic E-state index is 12.0. The molecule has 0 aliphatic rings. The molecule has 27 heavy (non-hydrogen) atoms. The summed E-state index contributed by atoms with van der Waals surface area (Å²) < 4.78 is 0. The first kappa shape index (κ1) is 18.6. The zero-order valence-corrected chi connectivity index (χ0v) is 15.5. The number of pyridine rings is 1. The van der Waals surface area contributed by atoms with Crippen LogP contribution in [0.3, 0.4) is 0 Å². The summed E-state index contributed by atoms with van der Waals surface area (Å²) in [5.41, 5.74) is 4.93. The van der Waals surface area contributed by atoms with Gasteiger partial charge in [-0.3, -0.25) is 14.6 Å². The van der Waals surface area contributed by atoms with Crippen LogP contribution in [-0.2, 0) is 9.59 Å².